The van der Waals surface area contributed by atoms with Gasteiger partial charge in [0.05, 0.1) is 43.5 Å². The molecule has 1 fully saturated rings. The molecule has 2 heterocycles. The molecule has 35 heavy (non-hydrogen) atoms. The van der Waals surface area contributed by atoms with E-state index in [0.29, 0.717) is 16.5 Å². The van der Waals surface area contributed by atoms with Gasteiger partial charge >= 0.3 is 0 Å². The van der Waals surface area contributed by atoms with Gasteiger partial charge in [0, 0.05) is 11.4 Å². The molecule has 1 atom stereocenters. The standard InChI is InChI=1S/C26H24ClNO6S/c1-14-10-16(25(34-4)17(27)11-14)23(29)21-22(20-6-5-9-35-20)28(26(31)24(21)30)13-15-7-8-18(32-2)19(12-15)33-3/h5-12,22,29H,13H2,1-4H3/b23-21-. The molecule has 1 aliphatic rings. The van der Waals surface area contributed by atoms with Crippen LogP contribution in [0.25, 0.3) is 5.76 Å². The number of ketones is 1. The van der Waals surface area contributed by atoms with Crippen molar-refractivity contribution in [2.45, 2.75) is 19.5 Å². The minimum atomic E-state index is -0.785. The molecule has 0 radical (unpaired) electrons. The summed E-state index contributed by atoms with van der Waals surface area (Å²) in [4.78, 5) is 28.7. The number of benzene rings is 2. The van der Waals surface area contributed by atoms with Crippen LogP contribution >= 0.6 is 22.9 Å². The third-order valence-electron chi connectivity index (χ3n) is 5.80. The number of Topliss-reactive ketones (excluding diaryl/α,β-unsaturated/α-hetero) is 1. The molecule has 3 aromatic rings. The summed E-state index contributed by atoms with van der Waals surface area (Å²) in [5.74, 6) is -0.534. The third kappa shape index (κ3) is 4.47. The number of nitrogens with zero attached hydrogens (tertiary/aromatic N) is 1. The summed E-state index contributed by atoms with van der Waals surface area (Å²) >= 11 is 7.73. The van der Waals surface area contributed by atoms with Crippen molar-refractivity contribution in [1.29, 1.82) is 0 Å². The van der Waals surface area contributed by atoms with E-state index in [4.69, 9.17) is 25.8 Å². The first kappa shape index (κ1) is 24.6. The fourth-order valence-electron chi connectivity index (χ4n) is 4.22. The number of thiophene rings is 1. The van der Waals surface area contributed by atoms with E-state index >= 15 is 0 Å². The molecule has 9 heteroatoms. The maximum atomic E-state index is 13.3. The fourth-order valence-corrected chi connectivity index (χ4v) is 5.42. The Hall–Kier alpha value is -3.49. The Morgan fingerprint density at radius 1 is 1.06 bits per heavy atom. The molecular formula is C26H24ClNO6S. The number of aliphatic hydroxyl groups excluding tert-OH is 1. The molecular weight excluding hydrogens is 490 g/mol. The number of hydrogen-bond donors (Lipinski definition) is 1. The summed E-state index contributed by atoms with van der Waals surface area (Å²) in [7, 11) is 4.50. The first-order valence-electron chi connectivity index (χ1n) is 10.7. The Balaban J connectivity index is 1.86. The molecule has 0 saturated carbocycles. The number of carbonyl (C=O) groups excluding carboxylic acids is 2. The lowest BCUT2D eigenvalue weighted by atomic mass is 9.98. The summed E-state index contributed by atoms with van der Waals surface area (Å²) in [6, 6.07) is 11.5. The lowest BCUT2D eigenvalue weighted by Crippen LogP contribution is -2.28. The number of halogens is 1. The molecule has 1 N–H and O–H groups in total. The normalized spacial score (nSPS) is 17.1. The molecule has 1 amide bonds. The van der Waals surface area contributed by atoms with Gasteiger partial charge in [-0.2, -0.15) is 0 Å². The van der Waals surface area contributed by atoms with Gasteiger partial charge in [-0.25, -0.2) is 0 Å². The van der Waals surface area contributed by atoms with Gasteiger partial charge in [0.2, 0.25) is 0 Å². The maximum absolute atomic E-state index is 13.3. The second-order valence-corrected chi connectivity index (χ2v) is 9.35. The molecule has 0 bridgehead atoms. The first-order chi connectivity index (χ1) is 16.8. The minimum absolute atomic E-state index is 0.0158. The van der Waals surface area contributed by atoms with Crippen LogP contribution in [0.15, 0.2) is 53.4 Å². The highest BCUT2D eigenvalue weighted by molar-refractivity contribution is 7.10. The maximum Gasteiger partial charge on any atom is 0.295 e. The van der Waals surface area contributed by atoms with E-state index < -0.39 is 17.7 Å². The Morgan fingerprint density at radius 2 is 1.80 bits per heavy atom. The largest absolute Gasteiger partial charge is 0.507 e. The second-order valence-electron chi connectivity index (χ2n) is 7.96. The van der Waals surface area contributed by atoms with Gasteiger partial charge in [-0.15, -0.1) is 11.3 Å². The lowest BCUT2D eigenvalue weighted by molar-refractivity contribution is -0.140. The number of methoxy groups -OCH3 is 3. The van der Waals surface area contributed by atoms with Crippen LogP contribution in [0.5, 0.6) is 17.2 Å². The van der Waals surface area contributed by atoms with Crippen LogP contribution in [-0.4, -0.2) is 43.0 Å². The Kier molecular flexibility index (Phi) is 7.05. The van der Waals surface area contributed by atoms with Crippen LogP contribution < -0.4 is 14.2 Å². The smallest absolute Gasteiger partial charge is 0.295 e. The van der Waals surface area contributed by atoms with E-state index in [1.807, 2.05) is 24.4 Å². The number of hydrogen-bond acceptors (Lipinski definition) is 7. The van der Waals surface area contributed by atoms with Crippen molar-refractivity contribution in [1.82, 2.24) is 4.90 Å². The molecule has 0 spiro atoms. The van der Waals surface area contributed by atoms with E-state index in [1.54, 1.807) is 37.4 Å². The van der Waals surface area contributed by atoms with Crippen molar-refractivity contribution in [3.8, 4) is 17.2 Å². The van der Waals surface area contributed by atoms with Crippen LogP contribution in [0.1, 0.15) is 27.6 Å². The Morgan fingerprint density at radius 3 is 2.43 bits per heavy atom. The molecule has 182 valence electrons. The second kappa shape index (κ2) is 10.0. The van der Waals surface area contributed by atoms with Crippen molar-refractivity contribution in [2.75, 3.05) is 21.3 Å². The zero-order chi connectivity index (χ0) is 25.3. The zero-order valence-corrected chi connectivity index (χ0v) is 21.2. The highest BCUT2D eigenvalue weighted by Gasteiger charge is 2.47. The van der Waals surface area contributed by atoms with Gasteiger partial charge in [-0.3, -0.25) is 9.59 Å². The van der Waals surface area contributed by atoms with Crippen LogP contribution in [0, 0.1) is 6.92 Å². The summed E-state index contributed by atoms with van der Waals surface area (Å²) in [6.45, 7) is 1.94. The molecule has 1 aliphatic heterocycles. The topological polar surface area (TPSA) is 85.3 Å². The highest BCUT2D eigenvalue weighted by Crippen LogP contribution is 2.44. The minimum Gasteiger partial charge on any atom is -0.507 e. The van der Waals surface area contributed by atoms with Gasteiger partial charge in [0.1, 0.15) is 11.5 Å². The monoisotopic (exact) mass is 513 g/mol. The molecule has 1 aromatic heterocycles. The molecule has 2 aromatic carbocycles. The zero-order valence-electron chi connectivity index (χ0n) is 19.6. The van der Waals surface area contributed by atoms with Crippen molar-refractivity contribution in [3.05, 3.63) is 80.0 Å². The van der Waals surface area contributed by atoms with E-state index in [9.17, 15) is 14.7 Å². The quantitative estimate of drug-likeness (QED) is 0.260. The summed E-state index contributed by atoms with van der Waals surface area (Å²) in [5, 5.41) is 13.5. The summed E-state index contributed by atoms with van der Waals surface area (Å²) in [5.41, 5.74) is 1.74. The van der Waals surface area contributed by atoms with Crippen LogP contribution in [0.3, 0.4) is 0 Å². The van der Waals surface area contributed by atoms with Crippen molar-refractivity contribution >= 4 is 40.4 Å². The number of ether oxygens (including phenoxy) is 3. The van der Waals surface area contributed by atoms with Gasteiger partial charge in [0.25, 0.3) is 11.7 Å². The predicted molar refractivity (Wildman–Crippen MR) is 134 cm³/mol. The Bertz CT molecular complexity index is 1320. The average molecular weight is 514 g/mol. The Labute approximate surface area is 212 Å². The third-order valence-corrected chi connectivity index (χ3v) is 7.01. The van der Waals surface area contributed by atoms with Gasteiger partial charge in [-0.1, -0.05) is 23.7 Å². The van der Waals surface area contributed by atoms with E-state index in [2.05, 4.69) is 0 Å². The number of amides is 1. The molecule has 0 aliphatic carbocycles. The first-order valence-corrected chi connectivity index (χ1v) is 11.9. The van der Waals surface area contributed by atoms with Gasteiger partial charge < -0.3 is 24.2 Å². The van der Waals surface area contributed by atoms with Crippen molar-refractivity contribution in [3.63, 3.8) is 0 Å². The average Bonchev–Trinajstić information content (AvgIpc) is 3.46. The molecule has 1 saturated heterocycles. The van der Waals surface area contributed by atoms with Crippen molar-refractivity contribution in [2.24, 2.45) is 0 Å². The van der Waals surface area contributed by atoms with E-state index in [1.165, 1.54) is 30.5 Å². The number of likely N-dealkylation sites (tertiary alicyclic amines) is 1. The van der Waals surface area contributed by atoms with Gasteiger partial charge in [-0.05, 0) is 53.8 Å². The van der Waals surface area contributed by atoms with Gasteiger partial charge in [0.15, 0.2) is 11.5 Å². The van der Waals surface area contributed by atoms with Crippen LogP contribution in [0.2, 0.25) is 5.02 Å². The summed E-state index contributed by atoms with van der Waals surface area (Å²) in [6.07, 6.45) is 0. The number of aryl methyl sites for hydroxylation is 1. The SMILES string of the molecule is COc1ccc(CN2C(=O)C(=O)/C(=C(\O)c3cc(C)cc(Cl)c3OC)C2c2cccs2)cc1OC. The predicted octanol–water partition coefficient (Wildman–Crippen LogP) is 5.36. The number of carbonyl (C=O) groups is 2. The van der Waals surface area contributed by atoms with Crippen LogP contribution in [-0.2, 0) is 16.1 Å². The number of rotatable bonds is 7. The fraction of sp³-hybridized carbons (Fsp3) is 0.231. The number of aliphatic hydroxyl groups is 1. The van der Waals surface area contributed by atoms with E-state index in [0.717, 1.165) is 16.0 Å². The molecule has 4 rings (SSSR count). The lowest BCUT2D eigenvalue weighted by Gasteiger charge is -2.24. The van der Waals surface area contributed by atoms with Crippen LogP contribution in [0.4, 0.5) is 0 Å². The van der Waals surface area contributed by atoms with Crippen molar-refractivity contribution < 1.29 is 28.9 Å². The molecule has 7 nitrogen and oxygen atoms in total. The highest BCUT2D eigenvalue weighted by atomic mass is 35.5. The molecule has 1 unspecified atom stereocenters. The summed E-state index contributed by atoms with van der Waals surface area (Å²) < 4.78 is 16.1. The van der Waals surface area contributed by atoms with E-state index in [-0.39, 0.29) is 29.2 Å².